The van der Waals surface area contributed by atoms with E-state index in [0.29, 0.717) is 19.6 Å². The molecule has 0 radical (unpaired) electrons. The fourth-order valence-electron chi connectivity index (χ4n) is 2.82. The summed E-state index contributed by atoms with van der Waals surface area (Å²) in [6, 6.07) is 19.9. The van der Waals surface area contributed by atoms with Crippen LogP contribution in [0.15, 0.2) is 60.7 Å². The lowest BCUT2D eigenvalue weighted by Crippen LogP contribution is -2.48. The van der Waals surface area contributed by atoms with Crippen LogP contribution in [0.3, 0.4) is 0 Å². The number of aliphatic hydroxyl groups excluding tert-OH is 1. The first-order valence-corrected chi connectivity index (χ1v) is 8.37. The summed E-state index contributed by atoms with van der Waals surface area (Å²) in [5.74, 6) is 0. The van der Waals surface area contributed by atoms with E-state index >= 15 is 0 Å². The van der Waals surface area contributed by atoms with Crippen LogP contribution in [0.4, 0.5) is 0 Å². The second-order valence-electron chi connectivity index (χ2n) is 6.13. The van der Waals surface area contributed by atoms with Gasteiger partial charge in [0.15, 0.2) is 6.29 Å². The molecule has 4 heteroatoms. The predicted molar refractivity (Wildman–Crippen MR) is 91.2 cm³/mol. The van der Waals surface area contributed by atoms with E-state index in [1.165, 1.54) is 0 Å². The Labute approximate surface area is 143 Å². The van der Waals surface area contributed by atoms with Gasteiger partial charge in [0.1, 0.15) is 6.10 Å². The molecule has 1 N–H and O–H groups in total. The number of benzene rings is 2. The first kappa shape index (κ1) is 17.1. The van der Waals surface area contributed by atoms with Crippen molar-refractivity contribution in [1.82, 2.24) is 0 Å². The molecule has 0 aliphatic carbocycles. The van der Waals surface area contributed by atoms with E-state index in [1.54, 1.807) is 0 Å². The highest BCUT2D eigenvalue weighted by Gasteiger charge is 2.36. The molecule has 0 unspecified atom stereocenters. The van der Waals surface area contributed by atoms with Gasteiger partial charge in [0, 0.05) is 6.42 Å². The number of hydrogen-bond acceptors (Lipinski definition) is 4. The van der Waals surface area contributed by atoms with Crippen molar-refractivity contribution in [3.8, 4) is 0 Å². The van der Waals surface area contributed by atoms with Crippen LogP contribution in [0.2, 0.25) is 0 Å². The van der Waals surface area contributed by atoms with Gasteiger partial charge in [0.25, 0.3) is 0 Å². The van der Waals surface area contributed by atoms with Crippen molar-refractivity contribution >= 4 is 0 Å². The van der Waals surface area contributed by atoms with Gasteiger partial charge in [0.2, 0.25) is 0 Å². The summed E-state index contributed by atoms with van der Waals surface area (Å²) < 4.78 is 17.5. The van der Waals surface area contributed by atoms with Gasteiger partial charge in [-0.05, 0) is 18.1 Å². The minimum absolute atomic E-state index is 0.297. The van der Waals surface area contributed by atoms with Gasteiger partial charge < -0.3 is 19.3 Å². The lowest BCUT2D eigenvalue weighted by molar-refractivity contribution is -0.258. The molecule has 0 saturated carbocycles. The van der Waals surface area contributed by atoms with Gasteiger partial charge in [-0.3, -0.25) is 0 Å². The lowest BCUT2D eigenvalue weighted by atomic mass is 10.0. The van der Waals surface area contributed by atoms with E-state index in [2.05, 4.69) is 0 Å². The molecule has 0 amide bonds. The van der Waals surface area contributed by atoms with Crippen LogP contribution in [-0.4, -0.2) is 29.7 Å². The monoisotopic (exact) mass is 328 g/mol. The van der Waals surface area contributed by atoms with Crippen LogP contribution < -0.4 is 0 Å². The molecule has 1 saturated heterocycles. The number of rotatable bonds is 6. The highest BCUT2D eigenvalue weighted by molar-refractivity contribution is 5.14. The Bertz CT molecular complexity index is 602. The zero-order chi connectivity index (χ0) is 16.8. The summed E-state index contributed by atoms with van der Waals surface area (Å²) in [6.07, 6.45) is -1.12. The Morgan fingerprint density at radius 3 is 2.04 bits per heavy atom. The molecule has 3 rings (SSSR count). The van der Waals surface area contributed by atoms with E-state index in [1.807, 2.05) is 67.6 Å². The molecule has 0 spiro atoms. The Morgan fingerprint density at radius 1 is 0.917 bits per heavy atom. The van der Waals surface area contributed by atoms with Gasteiger partial charge in [-0.15, -0.1) is 0 Å². The van der Waals surface area contributed by atoms with Gasteiger partial charge in [-0.2, -0.15) is 0 Å². The van der Waals surface area contributed by atoms with Gasteiger partial charge in [0.05, 0.1) is 25.4 Å². The van der Waals surface area contributed by atoms with Crippen molar-refractivity contribution in [1.29, 1.82) is 0 Å². The van der Waals surface area contributed by atoms with E-state index in [-0.39, 0.29) is 18.5 Å². The van der Waals surface area contributed by atoms with E-state index in [0.717, 1.165) is 11.1 Å². The Balaban J connectivity index is 1.53. The molecular formula is C20H24O4. The molecule has 4 nitrogen and oxygen atoms in total. The van der Waals surface area contributed by atoms with Crippen molar-refractivity contribution in [3.63, 3.8) is 0 Å². The molecule has 1 heterocycles. The maximum absolute atomic E-state index is 10.3. The van der Waals surface area contributed by atoms with Crippen LogP contribution in [0.1, 0.15) is 24.5 Å². The van der Waals surface area contributed by atoms with Gasteiger partial charge >= 0.3 is 0 Å². The van der Waals surface area contributed by atoms with E-state index in [4.69, 9.17) is 14.2 Å². The average molecular weight is 328 g/mol. The Hall–Kier alpha value is -1.72. The number of aliphatic hydroxyl groups is 1. The van der Waals surface area contributed by atoms with Crippen molar-refractivity contribution in [2.45, 2.75) is 51.2 Å². The Morgan fingerprint density at radius 2 is 1.46 bits per heavy atom. The molecular weight excluding hydrogens is 304 g/mol. The molecule has 1 aliphatic rings. The quantitative estimate of drug-likeness (QED) is 0.884. The highest BCUT2D eigenvalue weighted by atomic mass is 16.7. The fourth-order valence-corrected chi connectivity index (χ4v) is 2.82. The van der Waals surface area contributed by atoms with Crippen LogP contribution in [-0.2, 0) is 27.4 Å². The second kappa shape index (κ2) is 8.40. The molecule has 2 aromatic rings. The van der Waals surface area contributed by atoms with Gasteiger partial charge in [-0.25, -0.2) is 0 Å². The zero-order valence-electron chi connectivity index (χ0n) is 13.9. The van der Waals surface area contributed by atoms with Crippen molar-refractivity contribution < 1.29 is 19.3 Å². The SMILES string of the molecule is C[C@H]1O[C@H](OCc2ccccc2)C[C@@H](OCc2ccccc2)[C@@H]1O. The largest absolute Gasteiger partial charge is 0.388 e. The van der Waals surface area contributed by atoms with Crippen LogP contribution in [0.25, 0.3) is 0 Å². The molecule has 0 bridgehead atoms. The van der Waals surface area contributed by atoms with E-state index < -0.39 is 6.10 Å². The summed E-state index contributed by atoms with van der Waals surface area (Å²) in [5, 5.41) is 10.3. The zero-order valence-corrected chi connectivity index (χ0v) is 13.9. The smallest absolute Gasteiger partial charge is 0.161 e. The third-order valence-corrected chi connectivity index (χ3v) is 4.24. The first-order chi connectivity index (χ1) is 11.7. The minimum Gasteiger partial charge on any atom is -0.388 e. The molecule has 0 aromatic heterocycles. The maximum Gasteiger partial charge on any atom is 0.161 e. The first-order valence-electron chi connectivity index (χ1n) is 8.37. The molecule has 4 atom stereocenters. The summed E-state index contributed by atoms with van der Waals surface area (Å²) in [6.45, 7) is 2.81. The molecule has 24 heavy (non-hydrogen) atoms. The van der Waals surface area contributed by atoms with Gasteiger partial charge in [-0.1, -0.05) is 60.7 Å². The number of hydrogen-bond donors (Lipinski definition) is 1. The average Bonchev–Trinajstić information content (AvgIpc) is 2.63. The predicted octanol–water partition coefficient (Wildman–Crippen LogP) is 3.28. The van der Waals surface area contributed by atoms with Crippen LogP contribution >= 0.6 is 0 Å². The van der Waals surface area contributed by atoms with Crippen molar-refractivity contribution in [2.24, 2.45) is 0 Å². The highest BCUT2D eigenvalue weighted by Crippen LogP contribution is 2.25. The van der Waals surface area contributed by atoms with Crippen LogP contribution in [0, 0.1) is 0 Å². The maximum atomic E-state index is 10.3. The normalized spacial score (nSPS) is 27.1. The molecule has 1 fully saturated rings. The topological polar surface area (TPSA) is 47.9 Å². The summed E-state index contributed by atoms with van der Waals surface area (Å²) in [7, 11) is 0. The lowest BCUT2D eigenvalue weighted by Gasteiger charge is -2.37. The molecule has 128 valence electrons. The van der Waals surface area contributed by atoms with Crippen molar-refractivity contribution in [3.05, 3.63) is 71.8 Å². The summed E-state index contributed by atoms with van der Waals surface area (Å²) in [4.78, 5) is 0. The number of ether oxygens (including phenoxy) is 3. The minimum atomic E-state index is -0.648. The fraction of sp³-hybridized carbons (Fsp3) is 0.400. The molecule has 1 aliphatic heterocycles. The van der Waals surface area contributed by atoms with E-state index in [9.17, 15) is 5.11 Å². The van der Waals surface area contributed by atoms with Crippen LogP contribution in [0.5, 0.6) is 0 Å². The summed E-state index contributed by atoms with van der Waals surface area (Å²) >= 11 is 0. The summed E-state index contributed by atoms with van der Waals surface area (Å²) in [5.41, 5.74) is 2.19. The Kier molecular flexibility index (Phi) is 5.99. The standard InChI is InChI=1S/C20H24O4/c1-15-20(21)18(22-13-16-8-4-2-5-9-16)12-19(24-15)23-14-17-10-6-3-7-11-17/h2-11,15,18-21H,12-14H2,1H3/t15-,18-,19+,20-/m1/s1. The third kappa shape index (κ3) is 4.65. The third-order valence-electron chi connectivity index (χ3n) is 4.24. The second-order valence-corrected chi connectivity index (χ2v) is 6.13. The molecule has 2 aromatic carbocycles. The van der Waals surface area contributed by atoms with Crippen molar-refractivity contribution in [2.75, 3.05) is 0 Å².